The van der Waals surface area contributed by atoms with Crippen molar-refractivity contribution in [3.63, 3.8) is 0 Å². The lowest BCUT2D eigenvalue weighted by Gasteiger charge is -2.46. The molecule has 0 heterocycles. The van der Waals surface area contributed by atoms with Gasteiger partial charge in [-0.3, -0.25) is 4.79 Å². The number of hydrogen-bond donors (Lipinski definition) is 0. The highest BCUT2D eigenvalue weighted by Crippen LogP contribution is 2.62. The van der Waals surface area contributed by atoms with Gasteiger partial charge in [0.25, 0.3) is 0 Å². The molecule has 1 aromatic carbocycles. The number of fused-ring (bicyclic) bond motifs is 5. The molecule has 0 radical (unpaired) electrons. The van der Waals surface area contributed by atoms with E-state index in [1.54, 1.807) is 14.0 Å². The smallest absolute Gasteiger partial charge is 0.302 e. The van der Waals surface area contributed by atoms with Gasteiger partial charge in [0.05, 0.1) is 7.11 Å². The number of carbonyl (C=O) groups excluding carboxylic acids is 1. The van der Waals surface area contributed by atoms with Crippen molar-refractivity contribution in [1.29, 1.82) is 0 Å². The third-order valence-corrected chi connectivity index (χ3v) is 6.86. The first-order valence-corrected chi connectivity index (χ1v) is 8.87. The van der Waals surface area contributed by atoms with Crippen LogP contribution in [0.3, 0.4) is 0 Å². The molecule has 2 fully saturated rings. The highest BCUT2D eigenvalue weighted by atomic mass is 16.5. The van der Waals surface area contributed by atoms with Crippen LogP contribution in [-0.2, 0) is 16.0 Å². The molecule has 1 aromatic rings. The maximum atomic E-state index is 11.5. The second-order valence-electron chi connectivity index (χ2n) is 7.87. The molecule has 0 spiro atoms. The first kappa shape index (κ1) is 15.0. The number of methoxy groups -OCH3 is 1. The lowest BCUT2D eigenvalue weighted by Crippen LogP contribution is -2.43. The molecule has 124 valence electrons. The van der Waals surface area contributed by atoms with Crippen LogP contribution in [0.4, 0.5) is 0 Å². The van der Waals surface area contributed by atoms with Gasteiger partial charge in [-0.15, -0.1) is 0 Å². The average molecular weight is 314 g/mol. The van der Waals surface area contributed by atoms with Crippen LogP contribution >= 0.6 is 0 Å². The molecule has 0 amide bonds. The van der Waals surface area contributed by atoms with Gasteiger partial charge in [0, 0.05) is 12.3 Å². The quantitative estimate of drug-likeness (QED) is 0.771. The Bertz CT molecular complexity index is 638. The molecule has 3 heteroatoms. The van der Waals surface area contributed by atoms with E-state index in [0.29, 0.717) is 17.8 Å². The summed E-state index contributed by atoms with van der Waals surface area (Å²) >= 11 is 0. The minimum Gasteiger partial charge on any atom is -0.497 e. The maximum absolute atomic E-state index is 11.5. The molecule has 3 aliphatic carbocycles. The number of rotatable bonds is 2. The summed E-state index contributed by atoms with van der Waals surface area (Å²) in [5.74, 6) is 2.90. The van der Waals surface area contributed by atoms with Crippen molar-refractivity contribution in [2.24, 2.45) is 17.3 Å². The first-order valence-electron chi connectivity index (χ1n) is 8.87. The SMILES string of the molecule is COc1ccc2c(c1)C[C@@H]1[C@H]2CC[C@]2(C)[C@@H](OC(C)=O)CC[C@@H]12. The summed E-state index contributed by atoms with van der Waals surface area (Å²) in [6, 6.07) is 6.61. The summed E-state index contributed by atoms with van der Waals surface area (Å²) in [6.07, 6.45) is 5.88. The van der Waals surface area contributed by atoms with Gasteiger partial charge in [-0.1, -0.05) is 13.0 Å². The molecule has 0 saturated heterocycles. The first-order chi connectivity index (χ1) is 11.0. The summed E-state index contributed by atoms with van der Waals surface area (Å²) in [7, 11) is 1.74. The van der Waals surface area contributed by atoms with Gasteiger partial charge in [0.15, 0.2) is 0 Å². The van der Waals surface area contributed by atoms with Gasteiger partial charge < -0.3 is 9.47 Å². The number of hydrogen-bond acceptors (Lipinski definition) is 3. The van der Waals surface area contributed by atoms with E-state index in [0.717, 1.165) is 18.6 Å². The van der Waals surface area contributed by atoms with Crippen molar-refractivity contribution < 1.29 is 14.3 Å². The lowest BCUT2D eigenvalue weighted by molar-refractivity contribution is -0.154. The Morgan fingerprint density at radius 1 is 1.26 bits per heavy atom. The van der Waals surface area contributed by atoms with Crippen molar-refractivity contribution in [3.8, 4) is 5.75 Å². The fraction of sp³-hybridized carbons (Fsp3) is 0.650. The zero-order valence-electron chi connectivity index (χ0n) is 14.3. The number of carbonyl (C=O) groups is 1. The van der Waals surface area contributed by atoms with Crippen LogP contribution in [0.1, 0.15) is 56.6 Å². The molecule has 0 aliphatic heterocycles. The van der Waals surface area contributed by atoms with Gasteiger partial charge in [0.1, 0.15) is 11.9 Å². The minimum atomic E-state index is -0.126. The van der Waals surface area contributed by atoms with E-state index in [1.807, 2.05) is 0 Å². The van der Waals surface area contributed by atoms with Gasteiger partial charge in [-0.2, -0.15) is 0 Å². The predicted octanol–water partition coefficient (Wildman–Crippen LogP) is 4.09. The van der Waals surface area contributed by atoms with E-state index in [-0.39, 0.29) is 17.5 Å². The largest absolute Gasteiger partial charge is 0.497 e. The van der Waals surface area contributed by atoms with Crippen molar-refractivity contribution in [1.82, 2.24) is 0 Å². The molecule has 23 heavy (non-hydrogen) atoms. The predicted molar refractivity (Wildman–Crippen MR) is 88.5 cm³/mol. The second kappa shape index (κ2) is 5.25. The van der Waals surface area contributed by atoms with Crippen LogP contribution in [0, 0.1) is 17.3 Å². The zero-order valence-corrected chi connectivity index (χ0v) is 14.3. The fourth-order valence-electron chi connectivity index (χ4n) is 5.81. The Kier molecular flexibility index (Phi) is 3.44. The lowest BCUT2D eigenvalue weighted by atomic mass is 9.60. The van der Waals surface area contributed by atoms with Crippen LogP contribution in [-0.4, -0.2) is 19.2 Å². The fourth-order valence-corrected chi connectivity index (χ4v) is 5.81. The summed E-state index contributed by atoms with van der Waals surface area (Å²) in [5, 5.41) is 0. The Balaban J connectivity index is 1.62. The van der Waals surface area contributed by atoms with Crippen molar-refractivity contribution in [3.05, 3.63) is 29.3 Å². The summed E-state index contributed by atoms with van der Waals surface area (Å²) < 4.78 is 11.1. The van der Waals surface area contributed by atoms with Crippen LogP contribution in [0.2, 0.25) is 0 Å². The molecule has 5 atom stereocenters. The Morgan fingerprint density at radius 2 is 2.09 bits per heavy atom. The molecular formula is C20H26O3. The topological polar surface area (TPSA) is 35.5 Å². The minimum absolute atomic E-state index is 0.115. The third-order valence-electron chi connectivity index (χ3n) is 6.86. The van der Waals surface area contributed by atoms with Gasteiger partial charge >= 0.3 is 5.97 Å². The summed E-state index contributed by atoms with van der Waals surface area (Å²) in [5.41, 5.74) is 3.17. The maximum Gasteiger partial charge on any atom is 0.302 e. The van der Waals surface area contributed by atoms with Crippen molar-refractivity contribution in [2.75, 3.05) is 7.11 Å². The third kappa shape index (κ3) is 2.20. The molecule has 3 nitrogen and oxygen atoms in total. The van der Waals surface area contributed by atoms with E-state index in [2.05, 4.69) is 25.1 Å². The Hall–Kier alpha value is -1.51. The highest BCUT2D eigenvalue weighted by molar-refractivity contribution is 5.66. The molecule has 3 aliphatic rings. The van der Waals surface area contributed by atoms with E-state index in [9.17, 15) is 4.79 Å². The van der Waals surface area contributed by atoms with Gasteiger partial charge in [-0.25, -0.2) is 0 Å². The van der Waals surface area contributed by atoms with E-state index < -0.39 is 0 Å². The Labute approximate surface area is 138 Å². The molecule has 2 saturated carbocycles. The van der Waals surface area contributed by atoms with Crippen LogP contribution in [0.5, 0.6) is 5.75 Å². The molecule has 0 N–H and O–H groups in total. The van der Waals surface area contributed by atoms with Crippen molar-refractivity contribution >= 4 is 5.97 Å². The van der Waals surface area contributed by atoms with E-state index in [4.69, 9.17) is 9.47 Å². The number of benzene rings is 1. The van der Waals surface area contributed by atoms with Gasteiger partial charge in [-0.05, 0) is 73.1 Å². The second-order valence-corrected chi connectivity index (χ2v) is 7.87. The Morgan fingerprint density at radius 3 is 2.83 bits per heavy atom. The normalized spacial score (nSPS) is 37.7. The number of esters is 1. The number of ether oxygens (including phenoxy) is 2. The standard InChI is InChI=1S/C20H26O3/c1-12(21)23-19-7-6-18-17-11-13-10-14(22-3)4-5-15(13)16(17)8-9-20(18,19)2/h4-5,10,16-19H,6-9,11H2,1-3H3/t16-,17+,18-,19-,20-/m0/s1. The molecular weight excluding hydrogens is 288 g/mol. The molecule has 0 aromatic heterocycles. The van der Waals surface area contributed by atoms with E-state index >= 15 is 0 Å². The summed E-state index contributed by atoms with van der Waals surface area (Å²) in [6.45, 7) is 3.90. The van der Waals surface area contributed by atoms with Crippen LogP contribution < -0.4 is 4.74 Å². The van der Waals surface area contributed by atoms with Gasteiger partial charge in [0.2, 0.25) is 0 Å². The van der Waals surface area contributed by atoms with E-state index in [1.165, 1.54) is 30.4 Å². The average Bonchev–Trinajstić information content (AvgIpc) is 3.04. The molecule has 0 unspecified atom stereocenters. The summed E-state index contributed by atoms with van der Waals surface area (Å²) in [4.78, 5) is 11.5. The van der Waals surface area contributed by atoms with Crippen LogP contribution in [0.25, 0.3) is 0 Å². The van der Waals surface area contributed by atoms with Crippen LogP contribution in [0.15, 0.2) is 18.2 Å². The highest BCUT2D eigenvalue weighted by Gasteiger charge is 2.56. The zero-order chi connectivity index (χ0) is 16.2. The molecule has 4 rings (SSSR count). The monoisotopic (exact) mass is 314 g/mol. The molecule has 0 bridgehead atoms. The van der Waals surface area contributed by atoms with Crippen molar-refractivity contribution in [2.45, 2.75) is 58.0 Å².